The average Bonchev–Trinajstić information content (AvgIpc) is 3.24. The highest BCUT2D eigenvalue weighted by atomic mass is 32.1. The Morgan fingerprint density at radius 2 is 1.79 bits per heavy atom. The molecular formula is C23H17N3OS. The highest BCUT2D eigenvalue weighted by Crippen LogP contribution is 2.32. The van der Waals surface area contributed by atoms with Gasteiger partial charge in [-0.25, -0.2) is 0 Å². The van der Waals surface area contributed by atoms with Gasteiger partial charge in [0, 0.05) is 26.7 Å². The lowest BCUT2D eigenvalue weighted by Crippen LogP contribution is -2.04. The number of rotatable bonds is 3. The minimum Gasteiger partial charge on any atom is -0.355 e. The summed E-state index contributed by atoms with van der Waals surface area (Å²) in [5.41, 5.74) is 5.04. The molecule has 136 valence electrons. The number of aromatic nitrogens is 2. The molecule has 2 N–H and O–H groups in total. The molecule has 5 heteroatoms. The van der Waals surface area contributed by atoms with Crippen LogP contribution in [-0.2, 0) is 0 Å². The molecular weight excluding hydrogens is 366 g/mol. The second kappa shape index (κ2) is 6.62. The molecule has 0 bridgehead atoms. The van der Waals surface area contributed by atoms with Gasteiger partial charge >= 0.3 is 0 Å². The zero-order valence-electron chi connectivity index (χ0n) is 15.2. The minimum absolute atomic E-state index is 0.0687. The number of hydrogen-bond donors (Lipinski definition) is 2. The molecule has 5 rings (SSSR count). The summed E-state index contributed by atoms with van der Waals surface area (Å²) in [4.78, 5) is 13.1. The third-order valence-corrected chi connectivity index (χ3v) is 6.05. The number of anilines is 2. The summed E-state index contributed by atoms with van der Waals surface area (Å²) >= 11 is 1.64. The Kier molecular flexibility index (Phi) is 3.95. The van der Waals surface area contributed by atoms with E-state index in [1.54, 1.807) is 17.5 Å². The molecule has 28 heavy (non-hydrogen) atoms. The standard InChI is InChI=1S/C23H17N3OS/c1-14-13-15(18-11-12-24-26-18)9-10-17(14)25-19-6-4-8-21-22(19)23(27)16-5-2-3-7-20(16)28-21/h2-13,25H,1H3,(H,24,26). The third kappa shape index (κ3) is 2.77. The summed E-state index contributed by atoms with van der Waals surface area (Å²) in [7, 11) is 0. The smallest absolute Gasteiger partial charge is 0.197 e. The van der Waals surface area contributed by atoms with Crippen molar-refractivity contribution in [2.45, 2.75) is 6.92 Å². The number of hydrogen-bond acceptors (Lipinski definition) is 4. The lowest BCUT2D eigenvalue weighted by atomic mass is 10.1. The zero-order chi connectivity index (χ0) is 19.1. The van der Waals surface area contributed by atoms with Crippen molar-refractivity contribution < 1.29 is 0 Å². The SMILES string of the molecule is Cc1cc(-c2ccn[nH]2)ccc1Nc1cccc2sc3ccccc3c(=O)c12. The predicted octanol–water partition coefficient (Wildman–Crippen LogP) is 5.86. The fraction of sp³-hybridized carbons (Fsp3) is 0.0435. The van der Waals surface area contributed by atoms with E-state index in [9.17, 15) is 4.79 Å². The van der Waals surface area contributed by atoms with Gasteiger partial charge in [0.25, 0.3) is 0 Å². The molecule has 0 saturated heterocycles. The first-order valence-corrected chi connectivity index (χ1v) is 9.84. The van der Waals surface area contributed by atoms with Gasteiger partial charge in [0.2, 0.25) is 0 Å². The quantitative estimate of drug-likeness (QED) is 0.384. The third-order valence-electron chi connectivity index (χ3n) is 4.91. The summed E-state index contributed by atoms with van der Waals surface area (Å²) in [6, 6.07) is 21.9. The van der Waals surface area contributed by atoms with Gasteiger partial charge in [0.1, 0.15) is 0 Å². The zero-order valence-corrected chi connectivity index (χ0v) is 16.0. The summed E-state index contributed by atoms with van der Waals surface area (Å²) in [5.74, 6) is 0. The van der Waals surface area contributed by atoms with Gasteiger partial charge in [0.15, 0.2) is 5.43 Å². The van der Waals surface area contributed by atoms with Crippen LogP contribution in [0.5, 0.6) is 0 Å². The fourth-order valence-corrected chi connectivity index (χ4v) is 4.59. The Morgan fingerprint density at radius 1 is 0.929 bits per heavy atom. The molecule has 0 aliphatic heterocycles. The molecule has 0 fully saturated rings. The molecule has 2 heterocycles. The summed E-state index contributed by atoms with van der Waals surface area (Å²) in [6.07, 6.45) is 1.74. The Bertz CT molecular complexity index is 1370. The van der Waals surface area contributed by atoms with Crippen molar-refractivity contribution >= 4 is 42.9 Å². The first-order valence-electron chi connectivity index (χ1n) is 9.03. The first-order chi connectivity index (χ1) is 13.7. The van der Waals surface area contributed by atoms with Crippen LogP contribution >= 0.6 is 11.3 Å². The number of benzene rings is 3. The maximum Gasteiger partial charge on any atom is 0.197 e. The van der Waals surface area contributed by atoms with Gasteiger partial charge in [-0.15, -0.1) is 11.3 Å². The van der Waals surface area contributed by atoms with Crippen LogP contribution in [0.4, 0.5) is 11.4 Å². The molecule has 0 amide bonds. The highest BCUT2D eigenvalue weighted by Gasteiger charge is 2.11. The maximum atomic E-state index is 13.1. The van der Waals surface area contributed by atoms with Crippen molar-refractivity contribution in [1.29, 1.82) is 0 Å². The largest absolute Gasteiger partial charge is 0.355 e. The van der Waals surface area contributed by atoms with Gasteiger partial charge < -0.3 is 5.32 Å². The molecule has 2 aromatic heterocycles. The van der Waals surface area contributed by atoms with Gasteiger partial charge in [0.05, 0.1) is 16.8 Å². The molecule has 4 nitrogen and oxygen atoms in total. The van der Waals surface area contributed by atoms with E-state index in [1.165, 1.54) is 0 Å². The van der Waals surface area contributed by atoms with Gasteiger partial charge in [-0.2, -0.15) is 5.10 Å². The number of nitrogens with one attached hydrogen (secondary N) is 2. The topological polar surface area (TPSA) is 57.8 Å². The van der Waals surface area contributed by atoms with E-state index in [2.05, 4.69) is 28.5 Å². The fourth-order valence-electron chi connectivity index (χ4n) is 3.48. The van der Waals surface area contributed by atoms with Gasteiger partial charge in [-0.3, -0.25) is 9.89 Å². The second-order valence-corrected chi connectivity index (χ2v) is 7.81. The normalized spacial score (nSPS) is 11.2. The molecule has 0 unspecified atom stereocenters. The Labute approximate surface area is 165 Å². The molecule has 0 aliphatic rings. The molecule has 0 spiro atoms. The number of nitrogens with zero attached hydrogens (tertiary/aromatic N) is 1. The van der Waals surface area contributed by atoms with E-state index in [4.69, 9.17) is 0 Å². The second-order valence-electron chi connectivity index (χ2n) is 6.73. The Hall–Kier alpha value is -3.44. The molecule has 0 atom stereocenters. The maximum absolute atomic E-state index is 13.1. The molecule has 3 aromatic carbocycles. The van der Waals surface area contributed by atoms with E-state index in [0.29, 0.717) is 0 Å². The van der Waals surface area contributed by atoms with Gasteiger partial charge in [-0.05, 0) is 60.5 Å². The summed E-state index contributed by atoms with van der Waals surface area (Å²) < 4.78 is 2.00. The van der Waals surface area contributed by atoms with Crippen molar-refractivity contribution in [3.8, 4) is 11.3 Å². The number of fused-ring (bicyclic) bond motifs is 2. The van der Waals surface area contributed by atoms with Crippen molar-refractivity contribution in [3.63, 3.8) is 0 Å². The van der Waals surface area contributed by atoms with Crippen LogP contribution in [-0.4, -0.2) is 10.2 Å². The van der Waals surface area contributed by atoms with E-state index in [1.807, 2.05) is 60.7 Å². The van der Waals surface area contributed by atoms with E-state index in [0.717, 1.165) is 48.4 Å². The highest BCUT2D eigenvalue weighted by molar-refractivity contribution is 7.24. The van der Waals surface area contributed by atoms with Crippen molar-refractivity contribution in [2.24, 2.45) is 0 Å². The van der Waals surface area contributed by atoms with Crippen LogP contribution in [0.25, 0.3) is 31.4 Å². The van der Waals surface area contributed by atoms with E-state index < -0.39 is 0 Å². The lowest BCUT2D eigenvalue weighted by molar-refractivity contribution is 1.09. The van der Waals surface area contributed by atoms with Crippen LogP contribution < -0.4 is 10.7 Å². The van der Waals surface area contributed by atoms with E-state index >= 15 is 0 Å². The van der Waals surface area contributed by atoms with Crippen LogP contribution in [0.1, 0.15) is 5.56 Å². The average molecular weight is 383 g/mol. The lowest BCUT2D eigenvalue weighted by Gasteiger charge is -2.13. The monoisotopic (exact) mass is 383 g/mol. The van der Waals surface area contributed by atoms with Crippen molar-refractivity contribution in [2.75, 3.05) is 5.32 Å². The molecule has 0 saturated carbocycles. The molecule has 0 aliphatic carbocycles. The molecule has 5 aromatic rings. The number of H-pyrrole nitrogens is 1. The minimum atomic E-state index is 0.0687. The Morgan fingerprint density at radius 3 is 2.61 bits per heavy atom. The number of aryl methyl sites for hydroxylation is 1. The van der Waals surface area contributed by atoms with Crippen molar-refractivity contribution in [3.05, 3.63) is 88.7 Å². The van der Waals surface area contributed by atoms with Crippen LogP contribution in [0.3, 0.4) is 0 Å². The summed E-state index contributed by atoms with van der Waals surface area (Å²) in [5, 5.41) is 12.0. The first kappa shape index (κ1) is 16.7. The van der Waals surface area contributed by atoms with E-state index in [-0.39, 0.29) is 5.43 Å². The summed E-state index contributed by atoms with van der Waals surface area (Å²) in [6.45, 7) is 2.06. The number of aromatic amines is 1. The van der Waals surface area contributed by atoms with Crippen LogP contribution in [0.2, 0.25) is 0 Å². The molecule has 0 radical (unpaired) electrons. The van der Waals surface area contributed by atoms with Crippen LogP contribution in [0.15, 0.2) is 77.7 Å². The Balaban J connectivity index is 1.62. The van der Waals surface area contributed by atoms with Gasteiger partial charge in [-0.1, -0.05) is 24.3 Å². The van der Waals surface area contributed by atoms with Crippen molar-refractivity contribution in [1.82, 2.24) is 10.2 Å². The predicted molar refractivity (Wildman–Crippen MR) is 118 cm³/mol. The van der Waals surface area contributed by atoms with Crippen LogP contribution in [0, 0.1) is 6.92 Å².